The van der Waals surface area contributed by atoms with E-state index < -0.39 is 30.9 Å². The number of phenols is 2. The Morgan fingerprint density at radius 2 is 1.52 bits per heavy atom. The summed E-state index contributed by atoms with van der Waals surface area (Å²) < 4.78 is 69.0. The van der Waals surface area contributed by atoms with Crippen LogP contribution >= 0.6 is 0 Å². The summed E-state index contributed by atoms with van der Waals surface area (Å²) in [6.45, 7) is 2.60. The summed E-state index contributed by atoms with van der Waals surface area (Å²) in [5.41, 5.74) is 1.65. The molecule has 3 N–H and O–H groups in total. The maximum absolute atomic E-state index is 13.1. The Hall–Kier alpha value is -3.30. The van der Waals surface area contributed by atoms with Crippen molar-refractivity contribution in [2.75, 3.05) is 6.61 Å². The van der Waals surface area contributed by atoms with E-state index in [0.717, 1.165) is 62.1 Å². The zero-order valence-electron chi connectivity index (χ0n) is 23.7. The Bertz CT molecular complexity index is 1210. The van der Waals surface area contributed by atoms with Gasteiger partial charge in [-0.1, -0.05) is 69.7 Å². The van der Waals surface area contributed by atoms with Gasteiger partial charge in [0.15, 0.2) is 0 Å². The van der Waals surface area contributed by atoms with Gasteiger partial charge in [0.2, 0.25) is 0 Å². The summed E-state index contributed by atoms with van der Waals surface area (Å²) in [7, 11) is 0. The van der Waals surface area contributed by atoms with Crippen molar-refractivity contribution in [1.82, 2.24) is 0 Å². The molecule has 0 aromatic heterocycles. The van der Waals surface area contributed by atoms with Crippen molar-refractivity contribution >= 4 is 5.97 Å². The van der Waals surface area contributed by atoms with Gasteiger partial charge in [-0.15, -0.1) is 0 Å². The number of allylic oxidation sites excluding steroid dienone is 1. The van der Waals surface area contributed by atoms with Crippen LogP contribution in [0.2, 0.25) is 0 Å². The zero-order valence-corrected chi connectivity index (χ0v) is 23.7. The van der Waals surface area contributed by atoms with Crippen molar-refractivity contribution in [2.45, 2.75) is 101 Å². The van der Waals surface area contributed by atoms with Crippen LogP contribution < -0.4 is 4.74 Å². The van der Waals surface area contributed by atoms with Crippen LogP contribution in [0.3, 0.4) is 0 Å². The molecule has 1 heterocycles. The summed E-state index contributed by atoms with van der Waals surface area (Å²) in [6.07, 6.45) is 0.236. The minimum atomic E-state index is -5.64. The van der Waals surface area contributed by atoms with Crippen LogP contribution in [0, 0.1) is 0 Å². The Morgan fingerprint density at radius 1 is 0.929 bits per heavy atom. The Morgan fingerprint density at radius 3 is 2.14 bits per heavy atom. The minimum absolute atomic E-state index is 0.126. The average molecular weight is 599 g/mol. The van der Waals surface area contributed by atoms with E-state index in [1.54, 1.807) is 24.3 Å². The number of hydrogen-bond donors (Lipinski definition) is 3. The van der Waals surface area contributed by atoms with Crippen LogP contribution in [0.4, 0.5) is 22.0 Å². The third-order valence-electron chi connectivity index (χ3n) is 8.17. The number of carboxylic acid groups (broad SMARTS) is 1. The van der Waals surface area contributed by atoms with Gasteiger partial charge in [-0.05, 0) is 55.0 Å². The standard InChI is InChI=1S/C32H39F5O5/c1-30(23-13-15-24(38)16-14-23)21-42-28-20-25(39)17-18-26(28)27(30)12-8-6-4-2-3-5-7-10-22(29(40)41)11-9-19-31(33,34)32(35,36)37/h11,13-18,20,27,38-39H,2-10,12,19,21H2,1H3,(H,40,41)/b22-11+. The Balaban J connectivity index is 1.44. The number of ether oxygens (including phenoxy) is 1. The molecule has 0 bridgehead atoms. The van der Waals surface area contributed by atoms with E-state index in [1.165, 1.54) is 0 Å². The molecule has 2 aromatic rings. The van der Waals surface area contributed by atoms with Crippen LogP contribution in [-0.4, -0.2) is 40.0 Å². The first kappa shape index (κ1) is 33.2. The van der Waals surface area contributed by atoms with E-state index in [-0.39, 0.29) is 34.8 Å². The van der Waals surface area contributed by atoms with Gasteiger partial charge in [-0.25, -0.2) is 4.79 Å². The highest BCUT2D eigenvalue weighted by Crippen LogP contribution is 2.50. The second kappa shape index (κ2) is 14.2. The number of aromatic hydroxyl groups is 2. The second-order valence-corrected chi connectivity index (χ2v) is 11.3. The highest BCUT2D eigenvalue weighted by atomic mass is 19.4. The lowest BCUT2D eigenvalue weighted by Gasteiger charge is -2.43. The summed E-state index contributed by atoms with van der Waals surface area (Å²) in [5.74, 6) is -4.97. The number of rotatable bonds is 15. The molecule has 2 atom stereocenters. The molecule has 0 fully saturated rings. The number of aliphatic carboxylic acids is 1. The van der Waals surface area contributed by atoms with Crippen LogP contribution in [-0.2, 0) is 10.2 Å². The number of carbonyl (C=O) groups is 1. The molecule has 1 aliphatic heterocycles. The van der Waals surface area contributed by atoms with Crippen molar-refractivity contribution in [3.05, 3.63) is 65.2 Å². The summed E-state index contributed by atoms with van der Waals surface area (Å²) in [4.78, 5) is 11.4. The van der Waals surface area contributed by atoms with Gasteiger partial charge >= 0.3 is 18.1 Å². The van der Waals surface area contributed by atoms with E-state index in [9.17, 15) is 42.1 Å². The third kappa shape index (κ3) is 8.61. The zero-order chi connectivity index (χ0) is 31.0. The van der Waals surface area contributed by atoms with E-state index in [0.29, 0.717) is 18.8 Å². The lowest BCUT2D eigenvalue weighted by Crippen LogP contribution is -2.40. The first-order chi connectivity index (χ1) is 19.7. The fourth-order valence-electron chi connectivity index (χ4n) is 5.62. The molecule has 232 valence electrons. The number of carboxylic acids is 1. The smallest absolute Gasteiger partial charge is 0.453 e. The van der Waals surface area contributed by atoms with Gasteiger partial charge in [-0.3, -0.25) is 0 Å². The van der Waals surface area contributed by atoms with Gasteiger partial charge in [-0.2, -0.15) is 22.0 Å². The van der Waals surface area contributed by atoms with Crippen LogP contribution in [0.25, 0.3) is 0 Å². The lowest BCUT2D eigenvalue weighted by atomic mass is 9.66. The number of alkyl halides is 5. The molecule has 0 spiro atoms. The molecular weight excluding hydrogens is 559 g/mol. The number of fused-ring (bicyclic) bond motifs is 1. The van der Waals surface area contributed by atoms with E-state index in [2.05, 4.69) is 6.92 Å². The highest BCUT2D eigenvalue weighted by molar-refractivity contribution is 5.86. The van der Waals surface area contributed by atoms with Crippen molar-refractivity contribution < 1.29 is 46.8 Å². The predicted molar refractivity (Wildman–Crippen MR) is 149 cm³/mol. The monoisotopic (exact) mass is 598 g/mol. The van der Waals surface area contributed by atoms with E-state index in [4.69, 9.17) is 4.74 Å². The Kier molecular flexibility index (Phi) is 11.3. The number of phenolic OH excluding ortho intramolecular Hbond substituents is 2. The van der Waals surface area contributed by atoms with Crippen LogP contribution in [0.1, 0.15) is 94.6 Å². The maximum Gasteiger partial charge on any atom is 0.453 e. The van der Waals surface area contributed by atoms with Crippen molar-refractivity contribution in [2.24, 2.45) is 0 Å². The van der Waals surface area contributed by atoms with Gasteiger partial charge in [0, 0.05) is 29.4 Å². The topological polar surface area (TPSA) is 87.0 Å². The molecule has 0 aliphatic carbocycles. The normalized spacial score (nSPS) is 19.3. The quantitative estimate of drug-likeness (QED) is 0.108. The van der Waals surface area contributed by atoms with Crippen LogP contribution in [0.5, 0.6) is 17.2 Å². The molecule has 0 saturated carbocycles. The van der Waals surface area contributed by atoms with Gasteiger partial charge in [0.1, 0.15) is 17.2 Å². The first-order valence-corrected chi connectivity index (χ1v) is 14.4. The summed E-state index contributed by atoms with van der Waals surface area (Å²) >= 11 is 0. The van der Waals surface area contributed by atoms with Crippen LogP contribution in [0.15, 0.2) is 54.1 Å². The largest absolute Gasteiger partial charge is 0.508 e. The fourth-order valence-corrected chi connectivity index (χ4v) is 5.62. The highest BCUT2D eigenvalue weighted by Gasteiger charge is 2.56. The molecule has 3 rings (SSSR count). The van der Waals surface area contributed by atoms with Crippen molar-refractivity contribution in [3.8, 4) is 17.2 Å². The molecule has 0 saturated heterocycles. The average Bonchev–Trinajstić information content (AvgIpc) is 2.91. The number of halogens is 5. The molecule has 10 heteroatoms. The van der Waals surface area contributed by atoms with E-state index >= 15 is 0 Å². The molecule has 5 nitrogen and oxygen atoms in total. The summed E-state index contributed by atoms with van der Waals surface area (Å²) in [6, 6.07) is 12.4. The molecule has 2 aromatic carbocycles. The van der Waals surface area contributed by atoms with Crippen molar-refractivity contribution in [3.63, 3.8) is 0 Å². The molecule has 0 amide bonds. The first-order valence-electron chi connectivity index (χ1n) is 14.4. The van der Waals surface area contributed by atoms with Gasteiger partial charge < -0.3 is 20.1 Å². The SMILES string of the molecule is CC1(c2ccc(O)cc2)COc2cc(O)ccc2C1CCCCCCCCC/C(=C\CCC(F)(F)C(F)(F)F)C(=O)O. The van der Waals surface area contributed by atoms with Crippen molar-refractivity contribution in [1.29, 1.82) is 0 Å². The second-order valence-electron chi connectivity index (χ2n) is 11.3. The predicted octanol–water partition coefficient (Wildman–Crippen LogP) is 9.03. The number of unbranched alkanes of at least 4 members (excludes halogenated alkanes) is 6. The number of benzene rings is 2. The van der Waals surface area contributed by atoms with Gasteiger partial charge in [0.25, 0.3) is 0 Å². The fraction of sp³-hybridized carbons (Fsp3) is 0.531. The summed E-state index contributed by atoms with van der Waals surface area (Å²) in [5, 5.41) is 29.0. The molecule has 42 heavy (non-hydrogen) atoms. The van der Waals surface area contributed by atoms with E-state index in [1.807, 2.05) is 18.2 Å². The maximum atomic E-state index is 13.1. The lowest BCUT2D eigenvalue weighted by molar-refractivity contribution is -0.283. The molecule has 1 aliphatic rings. The van der Waals surface area contributed by atoms with Gasteiger partial charge in [0.05, 0.1) is 6.61 Å². The Labute approximate surface area is 243 Å². The number of hydrogen-bond acceptors (Lipinski definition) is 4. The molecule has 2 unspecified atom stereocenters. The molecular formula is C32H39F5O5. The minimum Gasteiger partial charge on any atom is -0.508 e. The third-order valence-corrected chi connectivity index (χ3v) is 8.17. The molecule has 0 radical (unpaired) electrons.